The first-order valence-electron chi connectivity index (χ1n) is 11.1. The van der Waals surface area contributed by atoms with Crippen LogP contribution in [0.5, 0.6) is 0 Å². The Labute approximate surface area is 198 Å². The van der Waals surface area contributed by atoms with Crippen LogP contribution in [0.2, 0.25) is 0 Å². The normalized spacial score (nSPS) is 14.6. The molecule has 6 rings (SSSR count). The van der Waals surface area contributed by atoms with E-state index in [1.54, 1.807) is 0 Å². The van der Waals surface area contributed by atoms with E-state index >= 15 is 0 Å². The van der Waals surface area contributed by atoms with Crippen LogP contribution in [0.4, 0.5) is 0 Å². The van der Waals surface area contributed by atoms with Gasteiger partial charge in [-0.3, -0.25) is 9.05 Å². The first-order chi connectivity index (χ1) is 16.1. The Morgan fingerprint density at radius 2 is 0.818 bits per heavy atom. The molecule has 0 heterocycles. The molecular weight excluding hydrogens is 451 g/mol. The zero-order chi connectivity index (χ0) is 22.4. The lowest BCUT2D eigenvalue weighted by Crippen LogP contribution is -2.08. The molecule has 2 aliphatic rings. The lowest BCUT2D eigenvalue weighted by atomic mass is 9.98. The van der Waals surface area contributed by atoms with Crippen molar-refractivity contribution in [2.24, 2.45) is 0 Å². The van der Waals surface area contributed by atoms with Crippen LogP contribution in [0.25, 0.3) is 22.3 Å². The lowest BCUT2D eigenvalue weighted by molar-refractivity contribution is 0.210. The third-order valence-electron chi connectivity index (χ3n) is 6.72. The van der Waals surface area contributed by atoms with Crippen LogP contribution in [-0.2, 0) is 13.6 Å². The van der Waals surface area contributed by atoms with Crippen LogP contribution in [0, 0.1) is 0 Å². The number of hydrogen-bond donors (Lipinski definition) is 0. The van der Waals surface area contributed by atoms with E-state index in [1.807, 2.05) is 48.5 Å². The van der Waals surface area contributed by atoms with Gasteiger partial charge in [-0.05, 0) is 44.5 Å². The molecule has 0 bridgehead atoms. The maximum Gasteiger partial charge on any atom is 0.424 e. The summed E-state index contributed by atoms with van der Waals surface area (Å²) in [5.74, 6) is -0.0537. The van der Waals surface area contributed by atoms with Crippen molar-refractivity contribution in [3.05, 3.63) is 119 Å². The summed E-state index contributed by atoms with van der Waals surface area (Å²) in [7, 11) is 0. The second-order valence-corrected chi connectivity index (χ2v) is 11.1. The number of halogens is 1. The smallest absolute Gasteiger partial charge is 0.296 e. The Morgan fingerprint density at radius 1 is 0.545 bits per heavy atom. The van der Waals surface area contributed by atoms with Crippen molar-refractivity contribution in [3.63, 3.8) is 0 Å². The fourth-order valence-corrected chi connectivity index (χ4v) is 6.31. The van der Waals surface area contributed by atoms with E-state index in [0.29, 0.717) is 0 Å². The molecule has 164 valence electrons. The van der Waals surface area contributed by atoms with Gasteiger partial charge >= 0.3 is 6.95 Å². The third-order valence-corrected chi connectivity index (χ3v) is 8.22. The van der Waals surface area contributed by atoms with Gasteiger partial charge in [0.05, 0.1) is 13.2 Å². The molecule has 33 heavy (non-hydrogen) atoms. The van der Waals surface area contributed by atoms with Crippen molar-refractivity contribution in [2.45, 2.75) is 11.8 Å². The molecule has 0 saturated heterocycles. The number of fused-ring (bicyclic) bond motifs is 6. The molecule has 2 aliphatic carbocycles. The zero-order valence-corrected chi connectivity index (χ0v) is 19.5. The monoisotopic (exact) mass is 472 g/mol. The average Bonchev–Trinajstić information content (AvgIpc) is 3.34. The van der Waals surface area contributed by atoms with Crippen LogP contribution in [0.15, 0.2) is 97.1 Å². The highest BCUT2D eigenvalue weighted by Crippen LogP contribution is 2.57. The molecule has 0 amide bonds. The predicted molar refractivity (Wildman–Crippen MR) is 133 cm³/mol. The molecule has 0 spiro atoms. The second-order valence-electron chi connectivity index (χ2n) is 8.48. The quantitative estimate of drug-likeness (QED) is 0.267. The van der Waals surface area contributed by atoms with Crippen LogP contribution in [-0.4, -0.2) is 13.2 Å². The summed E-state index contributed by atoms with van der Waals surface area (Å²) in [6, 6.07) is 33.0. The summed E-state index contributed by atoms with van der Waals surface area (Å²) in [4.78, 5) is 0. The molecule has 0 saturated carbocycles. The average molecular weight is 473 g/mol. The van der Waals surface area contributed by atoms with Gasteiger partial charge < -0.3 is 0 Å². The Morgan fingerprint density at radius 3 is 1.12 bits per heavy atom. The van der Waals surface area contributed by atoms with E-state index in [-0.39, 0.29) is 25.0 Å². The van der Waals surface area contributed by atoms with Crippen molar-refractivity contribution in [1.29, 1.82) is 0 Å². The molecule has 0 radical (unpaired) electrons. The maximum atomic E-state index is 13.1. The highest BCUT2D eigenvalue weighted by Gasteiger charge is 2.34. The molecule has 0 atom stereocenters. The van der Waals surface area contributed by atoms with Crippen LogP contribution in [0.3, 0.4) is 0 Å². The molecule has 5 heteroatoms. The molecule has 0 aliphatic heterocycles. The molecule has 3 nitrogen and oxygen atoms in total. The molecular formula is C28H22ClO3P. The fourth-order valence-electron chi connectivity index (χ4n) is 5.24. The van der Waals surface area contributed by atoms with E-state index in [0.717, 1.165) is 22.3 Å². The molecule has 4 aromatic rings. The predicted octanol–water partition coefficient (Wildman–Crippen LogP) is 7.99. The van der Waals surface area contributed by atoms with Gasteiger partial charge in [-0.1, -0.05) is 97.1 Å². The van der Waals surface area contributed by atoms with Crippen LogP contribution < -0.4 is 0 Å². The molecule has 0 aromatic heterocycles. The Balaban J connectivity index is 1.20. The van der Waals surface area contributed by atoms with Crippen molar-refractivity contribution < 1.29 is 13.6 Å². The topological polar surface area (TPSA) is 35.5 Å². The van der Waals surface area contributed by atoms with E-state index in [2.05, 4.69) is 48.5 Å². The van der Waals surface area contributed by atoms with Gasteiger partial charge in [-0.15, -0.1) is 0 Å². The first kappa shape index (κ1) is 20.9. The van der Waals surface area contributed by atoms with Crippen LogP contribution >= 0.6 is 18.2 Å². The zero-order valence-electron chi connectivity index (χ0n) is 17.9. The Kier molecular flexibility index (Phi) is 5.24. The van der Waals surface area contributed by atoms with Crippen molar-refractivity contribution in [1.82, 2.24) is 0 Å². The van der Waals surface area contributed by atoms with E-state index < -0.39 is 6.95 Å². The summed E-state index contributed by atoms with van der Waals surface area (Å²) < 4.78 is 24.6. The Hall–Kier alpha value is -2.68. The standard InChI is InChI=1S/C28H22ClO3P/c29-33(30,31-17-27-23-13-5-1-9-19(23)20-10-2-6-14-24(20)27)32-18-28-25-15-7-3-11-21(25)22-12-4-8-16-26(22)28/h1-16,27-28H,17-18H2. The van der Waals surface area contributed by atoms with Crippen molar-refractivity contribution >= 4 is 18.2 Å². The van der Waals surface area contributed by atoms with Gasteiger partial charge in [0.1, 0.15) is 0 Å². The lowest BCUT2D eigenvalue weighted by Gasteiger charge is -2.19. The highest BCUT2D eigenvalue weighted by molar-refractivity contribution is 7.81. The second kappa shape index (κ2) is 8.27. The van der Waals surface area contributed by atoms with E-state index in [9.17, 15) is 4.57 Å². The molecule has 4 aromatic carbocycles. The summed E-state index contributed by atoms with van der Waals surface area (Å²) in [6.45, 7) is -3.37. The summed E-state index contributed by atoms with van der Waals surface area (Å²) >= 11 is 6.31. The summed E-state index contributed by atoms with van der Waals surface area (Å²) in [5, 5.41) is 0. The SMILES string of the molecule is O=P(Cl)(OCC1c2ccccc2-c2ccccc21)OCC1c2ccccc2-c2ccccc21. The fraction of sp³-hybridized carbons (Fsp3) is 0.143. The van der Waals surface area contributed by atoms with Gasteiger partial charge in [0.2, 0.25) is 0 Å². The molecule has 0 fully saturated rings. The number of hydrogen-bond acceptors (Lipinski definition) is 3. The van der Waals surface area contributed by atoms with Gasteiger partial charge in [0.15, 0.2) is 0 Å². The maximum absolute atomic E-state index is 13.1. The molecule has 0 unspecified atom stereocenters. The van der Waals surface area contributed by atoms with Crippen molar-refractivity contribution in [2.75, 3.05) is 13.2 Å². The number of benzene rings is 4. The summed E-state index contributed by atoms with van der Waals surface area (Å²) in [5.41, 5.74) is 9.39. The van der Waals surface area contributed by atoms with Gasteiger partial charge in [0.25, 0.3) is 0 Å². The minimum atomic E-state index is -3.77. The number of rotatable bonds is 6. The summed E-state index contributed by atoms with van der Waals surface area (Å²) in [6.07, 6.45) is 0. The minimum Gasteiger partial charge on any atom is -0.296 e. The van der Waals surface area contributed by atoms with Gasteiger partial charge in [0, 0.05) is 23.1 Å². The largest absolute Gasteiger partial charge is 0.424 e. The van der Waals surface area contributed by atoms with Crippen molar-refractivity contribution in [3.8, 4) is 22.3 Å². The van der Waals surface area contributed by atoms with E-state index in [4.69, 9.17) is 20.3 Å². The van der Waals surface area contributed by atoms with Crippen LogP contribution in [0.1, 0.15) is 34.1 Å². The molecule has 0 N–H and O–H groups in total. The van der Waals surface area contributed by atoms with Gasteiger partial charge in [-0.25, -0.2) is 4.57 Å². The Bertz CT molecular complexity index is 1210. The highest BCUT2D eigenvalue weighted by atomic mass is 35.7. The van der Waals surface area contributed by atoms with E-state index in [1.165, 1.54) is 22.3 Å². The van der Waals surface area contributed by atoms with Gasteiger partial charge in [-0.2, -0.15) is 0 Å². The third kappa shape index (κ3) is 3.66. The first-order valence-corrected chi connectivity index (χ1v) is 13.5. The minimum absolute atomic E-state index is 0.0268.